The lowest BCUT2D eigenvalue weighted by Gasteiger charge is -2.13. The van der Waals surface area contributed by atoms with E-state index in [1.807, 2.05) is 34.9 Å². The molecule has 1 heterocycles. The Labute approximate surface area is 155 Å². The highest BCUT2D eigenvalue weighted by atomic mass is 19.1. The first-order valence-electron chi connectivity index (χ1n) is 8.60. The summed E-state index contributed by atoms with van der Waals surface area (Å²) < 4.78 is 15.6. The second kappa shape index (κ2) is 7.00. The van der Waals surface area contributed by atoms with Crippen molar-refractivity contribution in [1.29, 1.82) is 0 Å². The van der Waals surface area contributed by atoms with Crippen molar-refractivity contribution < 1.29 is 9.18 Å². The predicted molar refractivity (Wildman–Crippen MR) is 104 cm³/mol. The molecule has 0 atom stereocenters. The highest BCUT2D eigenvalue weighted by Gasteiger charge is 2.17. The number of fused-ring (bicyclic) bond motifs is 1. The normalized spacial score (nSPS) is 10.9. The van der Waals surface area contributed by atoms with Gasteiger partial charge in [0.1, 0.15) is 5.82 Å². The fraction of sp³-hybridized carbons (Fsp3) is 0.0435. The monoisotopic (exact) mass is 357 g/mol. The fourth-order valence-electron chi connectivity index (χ4n) is 3.19. The van der Waals surface area contributed by atoms with Gasteiger partial charge in [-0.3, -0.25) is 9.59 Å². The highest BCUT2D eigenvalue weighted by molar-refractivity contribution is 6.10. The zero-order valence-electron chi connectivity index (χ0n) is 14.4. The first kappa shape index (κ1) is 16.9. The molecule has 4 rings (SSSR count). The van der Waals surface area contributed by atoms with Crippen LogP contribution >= 0.6 is 0 Å². The topological polar surface area (TPSA) is 39.1 Å². The molecule has 3 aromatic carbocycles. The van der Waals surface area contributed by atoms with Crippen LogP contribution in [0.3, 0.4) is 0 Å². The molecule has 0 unspecified atom stereocenters. The molecule has 132 valence electrons. The number of ketones is 1. The average molecular weight is 357 g/mol. The number of aromatic nitrogens is 1. The van der Waals surface area contributed by atoms with Gasteiger partial charge in [0, 0.05) is 23.7 Å². The summed E-state index contributed by atoms with van der Waals surface area (Å²) in [5, 5.41) is 0.202. The van der Waals surface area contributed by atoms with Crippen LogP contribution in [0.5, 0.6) is 0 Å². The van der Waals surface area contributed by atoms with E-state index in [2.05, 4.69) is 0 Å². The van der Waals surface area contributed by atoms with Gasteiger partial charge in [-0.1, -0.05) is 60.7 Å². The Morgan fingerprint density at radius 3 is 2.26 bits per heavy atom. The summed E-state index contributed by atoms with van der Waals surface area (Å²) in [6, 6.07) is 22.4. The maximum atomic E-state index is 13.8. The molecule has 0 radical (unpaired) electrons. The number of benzene rings is 3. The van der Waals surface area contributed by atoms with Crippen LogP contribution in [-0.2, 0) is 6.54 Å². The van der Waals surface area contributed by atoms with Crippen molar-refractivity contribution >= 4 is 16.7 Å². The molecular weight excluding hydrogens is 341 g/mol. The molecule has 0 saturated heterocycles. The third-order valence-electron chi connectivity index (χ3n) is 4.52. The molecule has 0 aliphatic carbocycles. The molecule has 0 N–H and O–H groups in total. The van der Waals surface area contributed by atoms with E-state index < -0.39 is 11.2 Å². The van der Waals surface area contributed by atoms with Crippen molar-refractivity contribution in [3.8, 4) is 0 Å². The molecule has 0 saturated carbocycles. The number of nitrogens with zero attached hydrogens (tertiary/aromatic N) is 1. The molecule has 3 nitrogen and oxygen atoms in total. The Bertz CT molecular complexity index is 1180. The number of rotatable bonds is 4. The van der Waals surface area contributed by atoms with E-state index in [9.17, 15) is 14.0 Å². The van der Waals surface area contributed by atoms with Crippen LogP contribution in [-0.4, -0.2) is 10.4 Å². The van der Waals surface area contributed by atoms with Crippen LogP contribution in [0.25, 0.3) is 10.9 Å². The summed E-state index contributed by atoms with van der Waals surface area (Å²) in [6.45, 7) is 0.471. The summed E-state index contributed by atoms with van der Waals surface area (Å²) in [5.74, 6) is -0.872. The van der Waals surface area contributed by atoms with E-state index in [4.69, 9.17) is 0 Å². The van der Waals surface area contributed by atoms with Crippen LogP contribution in [0.2, 0.25) is 0 Å². The van der Waals surface area contributed by atoms with Crippen LogP contribution < -0.4 is 5.43 Å². The minimum Gasteiger partial charge on any atom is -0.342 e. The molecule has 27 heavy (non-hydrogen) atoms. The van der Waals surface area contributed by atoms with E-state index in [1.165, 1.54) is 12.1 Å². The zero-order valence-corrected chi connectivity index (χ0v) is 14.4. The molecular formula is C23H16FNO2. The maximum absolute atomic E-state index is 13.8. The van der Waals surface area contributed by atoms with E-state index in [-0.39, 0.29) is 16.7 Å². The molecule has 0 bridgehead atoms. The van der Waals surface area contributed by atoms with Crippen LogP contribution in [0.15, 0.2) is 89.9 Å². The molecule has 0 aliphatic rings. The number of hydrogen-bond donors (Lipinski definition) is 0. The Morgan fingerprint density at radius 1 is 0.889 bits per heavy atom. The number of hydrogen-bond acceptors (Lipinski definition) is 2. The van der Waals surface area contributed by atoms with E-state index in [1.54, 1.807) is 42.6 Å². The Balaban J connectivity index is 1.93. The standard InChI is InChI=1S/C23H16FNO2/c24-18-11-12-21-19(13-18)23(27)20(22(26)17-9-5-2-6-10-17)15-25(21)14-16-7-3-1-4-8-16/h1-13,15H,14H2. The summed E-state index contributed by atoms with van der Waals surface area (Å²) in [5.41, 5.74) is 1.62. The van der Waals surface area contributed by atoms with Gasteiger partial charge in [-0.25, -0.2) is 4.39 Å². The number of halogens is 1. The second-order valence-corrected chi connectivity index (χ2v) is 6.34. The Morgan fingerprint density at radius 2 is 1.56 bits per heavy atom. The van der Waals surface area contributed by atoms with Gasteiger partial charge in [0.25, 0.3) is 0 Å². The minimum atomic E-state index is -0.504. The summed E-state index contributed by atoms with van der Waals surface area (Å²) >= 11 is 0. The third-order valence-corrected chi connectivity index (χ3v) is 4.52. The zero-order chi connectivity index (χ0) is 18.8. The van der Waals surface area contributed by atoms with Gasteiger partial charge >= 0.3 is 0 Å². The van der Waals surface area contributed by atoms with Gasteiger partial charge < -0.3 is 4.57 Å². The van der Waals surface area contributed by atoms with Crippen molar-refractivity contribution in [2.24, 2.45) is 0 Å². The van der Waals surface area contributed by atoms with Crippen molar-refractivity contribution in [3.63, 3.8) is 0 Å². The first-order valence-corrected chi connectivity index (χ1v) is 8.60. The van der Waals surface area contributed by atoms with Crippen molar-refractivity contribution in [2.45, 2.75) is 6.54 Å². The van der Waals surface area contributed by atoms with Gasteiger partial charge in [0.15, 0.2) is 5.78 Å². The molecule has 4 heteroatoms. The Hall–Kier alpha value is -3.53. The Kier molecular flexibility index (Phi) is 4.38. The van der Waals surface area contributed by atoms with Crippen LogP contribution in [0, 0.1) is 5.82 Å². The van der Waals surface area contributed by atoms with E-state index >= 15 is 0 Å². The highest BCUT2D eigenvalue weighted by Crippen LogP contribution is 2.17. The van der Waals surface area contributed by atoms with Crippen LogP contribution in [0.4, 0.5) is 4.39 Å². The predicted octanol–water partition coefficient (Wildman–Crippen LogP) is 4.42. The quantitative estimate of drug-likeness (QED) is 0.507. The lowest BCUT2D eigenvalue weighted by Crippen LogP contribution is -2.20. The average Bonchev–Trinajstić information content (AvgIpc) is 2.71. The van der Waals surface area contributed by atoms with E-state index in [0.29, 0.717) is 17.6 Å². The summed E-state index contributed by atoms with van der Waals surface area (Å²) in [4.78, 5) is 25.8. The lowest BCUT2D eigenvalue weighted by molar-refractivity contribution is 0.103. The molecule has 1 aromatic heterocycles. The molecule has 4 aromatic rings. The second-order valence-electron chi connectivity index (χ2n) is 6.34. The van der Waals surface area contributed by atoms with Gasteiger partial charge in [-0.15, -0.1) is 0 Å². The van der Waals surface area contributed by atoms with Gasteiger partial charge in [-0.05, 0) is 23.8 Å². The largest absolute Gasteiger partial charge is 0.342 e. The van der Waals surface area contributed by atoms with Crippen molar-refractivity contribution in [2.75, 3.05) is 0 Å². The maximum Gasteiger partial charge on any atom is 0.200 e. The summed E-state index contributed by atoms with van der Waals surface area (Å²) in [7, 11) is 0. The summed E-state index contributed by atoms with van der Waals surface area (Å²) in [6.07, 6.45) is 1.57. The number of pyridine rings is 1. The fourth-order valence-corrected chi connectivity index (χ4v) is 3.19. The molecule has 0 fully saturated rings. The number of carbonyl (C=O) groups excluding carboxylic acids is 1. The van der Waals surface area contributed by atoms with Gasteiger partial charge in [-0.2, -0.15) is 0 Å². The smallest absolute Gasteiger partial charge is 0.200 e. The van der Waals surface area contributed by atoms with Crippen molar-refractivity contribution in [3.05, 3.63) is 118 Å². The molecule has 0 amide bonds. The SMILES string of the molecule is O=C(c1ccccc1)c1cn(Cc2ccccc2)c2ccc(F)cc2c1=O. The third kappa shape index (κ3) is 3.29. The van der Waals surface area contributed by atoms with Crippen LogP contribution in [0.1, 0.15) is 21.5 Å². The number of carbonyl (C=O) groups is 1. The van der Waals surface area contributed by atoms with E-state index in [0.717, 1.165) is 5.56 Å². The molecule has 0 aliphatic heterocycles. The van der Waals surface area contributed by atoms with Gasteiger partial charge in [0.05, 0.1) is 11.1 Å². The molecule has 0 spiro atoms. The first-order chi connectivity index (χ1) is 13.1. The minimum absolute atomic E-state index is 0.0373. The van der Waals surface area contributed by atoms with Crippen molar-refractivity contribution in [1.82, 2.24) is 4.57 Å². The van der Waals surface area contributed by atoms with Gasteiger partial charge in [0.2, 0.25) is 5.43 Å². The lowest BCUT2D eigenvalue weighted by atomic mass is 10.0.